The molecule has 3 nitrogen and oxygen atoms in total. The summed E-state index contributed by atoms with van der Waals surface area (Å²) in [4.78, 5) is 0. The van der Waals surface area contributed by atoms with Gasteiger partial charge in [0, 0.05) is 13.7 Å². The number of ether oxygens (including phenoxy) is 1. The summed E-state index contributed by atoms with van der Waals surface area (Å²) in [6.45, 7) is 5.33. The number of hydrogen-bond acceptors (Lipinski definition) is 3. The number of fused-ring (bicyclic) bond motifs is 1. The van der Waals surface area contributed by atoms with E-state index in [2.05, 4.69) is 10.6 Å². The molecule has 2 saturated carbocycles. The van der Waals surface area contributed by atoms with Crippen molar-refractivity contribution in [3.05, 3.63) is 0 Å². The van der Waals surface area contributed by atoms with Crippen LogP contribution < -0.4 is 10.6 Å². The van der Waals surface area contributed by atoms with Gasteiger partial charge in [-0.3, -0.25) is 0 Å². The van der Waals surface area contributed by atoms with Gasteiger partial charge in [-0.25, -0.2) is 0 Å². The van der Waals surface area contributed by atoms with Crippen molar-refractivity contribution >= 4 is 0 Å². The topological polar surface area (TPSA) is 33.3 Å². The third kappa shape index (κ3) is 3.44. The Morgan fingerprint density at radius 2 is 1.81 bits per heavy atom. The summed E-state index contributed by atoms with van der Waals surface area (Å²) < 4.78 is 4.97. The van der Waals surface area contributed by atoms with Crippen LogP contribution in [0, 0.1) is 17.8 Å². The van der Waals surface area contributed by atoms with Crippen molar-refractivity contribution in [2.24, 2.45) is 17.8 Å². The second-order valence-corrected chi connectivity index (χ2v) is 5.22. The molecule has 0 heterocycles. The van der Waals surface area contributed by atoms with Crippen LogP contribution in [0.15, 0.2) is 0 Å². The molecule has 94 valence electrons. The molecule has 0 aromatic carbocycles. The summed E-state index contributed by atoms with van der Waals surface area (Å²) in [6.07, 6.45) is 5.74. The van der Waals surface area contributed by atoms with Gasteiger partial charge in [-0.05, 0) is 56.7 Å². The fraction of sp³-hybridized carbons (Fsp3) is 1.00. The third-order valence-corrected chi connectivity index (χ3v) is 4.15. The summed E-state index contributed by atoms with van der Waals surface area (Å²) >= 11 is 0. The quantitative estimate of drug-likeness (QED) is 0.581. The monoisotopic (exact) mass is 226 g/mol. The summed E-state index contributed by atoms with van der Waals surface area (Å²) in [5, 5.41) is 6.96. The van der Waals surface area contributed by atoms with Crippen LogP contribution in [0.5, 0.6) is 0 Å². The summed E-state index contributed by atoms with van der Waals surface area (Å²) in [5.74, 6) is 3.25. The first-order valence-corrected chi connectivity index (χ1v) is 6.84. The van der Waals surface area contributed by atoms with Gasteiger partial charge in [0.25, 0.3) is 0 Å². The van der Waals surface area contributed by atoms with Crippen molar-refractivity contribution in [3.8, 4) is 0 Å². The SMILES string of the molecule is COCCNCCCNCC1C2CCCC21. The highest BCUT2D eigenvalue weighted by Gasteiger charge is 2.51. The van der Waals surface area contributed by atoms with E-state index < -0.39 is 0 Å². The van der Waals surface area contributed by atoms with Crippen LogP contribution in [0.4, 0.5) is 0 Å². The van der Waals surface area contributed by atoms with E-state index in [4.69, 9.17) is 4.74 Å². The van der Waals surface area contributed by atoms with Crippen LogP contribution in [-0.2, 0) is 4.74 Å². The maximum atomic E-state index is 4.97. The van der Waals surface area contributed by atoms with Crippen LogP contribution in [0.1, 0.15) is 25.7 Å². The molecule has 2 aliphatic rings. The van der Waals surface area contributed by atoms with E-state index >= 15 is 0 Å². The first-order chi connectivity index (χ1) is 7.93. The Labute approximate surface area is 99.3 Å². The number of hydrogen-bond donors (Lipinski definition) is 2. The molecule has 0 saturated heterocycles. The van der Waals surface area contributed by atoms with Crippen molar-refractivity contribution in [1.29, 1.82) is 0 Å². The minimum absolute atomic E-state index is 0.818. The van der Waals surface area contributed by atoms with Gasteiger partial charge in [-0.2, -0.15) is 0 Å². The molecular weight excluding hydrogens is 200 g/mol. The van der Waals surface area contributed by atoms with Crippen molar-refractivity contribution in [3.63, 3.8) is 0 Å². The predicted molar refractivity (Wildman–Crippen MR) is 66.6 cm³/mol. The Morgan fingerprint density at radius 3 is 2.56 bits per heavy atom. The van der Waals surface area contributed by atoms with Crippen LogP contribution in [0.3, 0.4) is 0 Å². The lowest BCUT2D eigenvalue weighted by Gasteiger charge is -2.07. The lowest BCUT2D eigenvalue weighted by Crippen LogP contribution is -2.26. The van der Waals surface area contributed by atoms with Crippen LogP contribution in [-0.4, -0.2) is 39.9 Å². The van der Waals surface area contributed by atoms with Crippen molar-refractivity contribution < 1.29 is 4.74 Å². The molecule has 0 radical (unpaired) electrons. The van der Waals surface area contributed by atoms with Crippen LogP contribution in [0.2, 0.25) is 0 Å². The second-order valence-electron chi connectivity index (χ2n) is 5.22. The zero-order valence-corrected chi connectivity index (χ0v) is 10.5. The highest BCUT2D eigenvalue weighted by Crippen LogP contribution is 2.56. The van der Waals surface area contributed by atoms with Gasteiger partial charge in [-0.15, -0.1) is 0 Å². The average molecular weight is 226 g/mol. The van der Waals surface area contributed by atoms with E-state index in [9.17, 15) is 0 Å². The Morgan fingerprint density at radius 1 is 1.06 bits per heavy atom. The summed E-state index contributed by atoms with van der Waals surface area (Å²) in [7, 11) is 1.75. The van der Waals surface area contributed by atoms with E-state index in [0.29, 0.717) is 0 Å². The first kappa shape index (κ1) is 12.3. The molecule has 0 bridgehead atoms. The minimum Gasteiger partial charge on any atom is -0.383 e. The summed E-state index contributed by atoms with van der Waals surface area (Å²) in [5.41, 5.74) is 0. The molecule has 0 amide bonds. The molecule has 0 aromatic heterocycles. The molecule has 2 rings (SSSR count). The van der Waals surface area contributed by atoms with E-state index in [1.54, 1.807) is 7.11 Å². The first-order valence-electron chi connectivity index (χ1n) is 6.84. The largest absolute Gasteiger partial charge is 0.383 e. The van der Waals surface area contributed by atoms with Gasteiger partial charge < -0.3 is 15.4 Å². The molecule has 16 heavy (non-hydrogen) atoms. The normalized spacial score (nSPS) is 31.7. The molecule has 2 fully saturated rings. The molecule has 0 aromatic rings. The predicted octanol–water partition coefficient (Wildman–Crippen LogP) is 1.25. The fourth-order valence-corrected chi connectivity index (χ4v) is 3.18. The average Bonchev–Trinajstić information content (AvgIpc) is 2.75. The van der Waals surface area contributed by atoms with Crippen molar-refractivity contribution in [2.45, 2.75) is 25.7 Å². The van der Waals surface area contributed by atoms with Gasteiger partial charge in [0.05, 0.1) is 6.61 Å². The van der Waals surface area contributed by atoms with Gasteiger partial charge in [-0.1, -0.05) is 6.42 Å². The van der Waals surface area contributed by atoms with Gasteiger partial charge in [0.2, 0.25) is 0 Å². The van der Waals surface area contributed by atoms with Crippen LogP contribution in [0.25, 0.3) is 0 Å². The van der Waals surface area contributed by atoms with Gasteiger partial charge in [0.15, 0.2) is 0 Å². The molecule has 2 unspecified atom stereocenters. The van der Waals surface area contributed by atoms with E-state index in [-0.39, 0.29) is 0 Å². The van der Waals surface area contributed by atoms with Crippen LogP contribution >= 0.6 is 0 Å². The smallest absolute Gasteiger partial charge is 0.0587 e. The van der Waals surface area contributed by atoms with Crippen molar-refractivity contribution in [1.82, 2.24) is 10.6 Å². The summed E-state index contributed by atoms with van der Waals surface area (Å²) in [6, 6.07) is 0. The highest BCUT2D eigenvalue weighted by molar-refractivity contribution is 5.01. The second kappa shape index (κ2) is 6.58. The van der Waals surface area contributed by atoms with Gasteiger partial charge in [0.1, 0.15) is 0 Å². The molecule has 3 heteroatoms. The molecule has 0 spiro atoms. The standard InChI is InChI=1S/C13H26N2O/c1-16-9-8-14-6-3-7-15-10-13-11-4-2-5-12(11)13/h11-15H,2-10H2,1H3. The lowest BCUT2D eigenvalue weighted by atomic mass is 10.1. The Hall–Kier alpha value is -0.120. The van der Waals surface area contributed by atoms with Crippen molar-refractivity contribution in [2.75, 3.05) is 39.9 Å². The Kier molecular flexibility index (Phi) is 5.07. The Balaban J connectivity index is 1.34. The molecule has 2 aliphatic carbocycles. The fourth-order valence-electron chi connectivity index (χ4n) is 3.18. The van der Waals surface area contributed by atoms with E-state index in [1.807, 2.05) is 0 Å². The van der Waals surface area contributed by atoms with E-state index in [1.165, 1.54) is 32.2 Å². The molecule has 2 N–H and O–H groups in total. The minimum atomic E-state index is 0.818. The zero-order chi connectivity index (χ0) is 11.2. The van der Waals surface area contributed by atoms with Gasteiger partial charge >= 0.3 is 0 Å². The zero-order valence-electron chi connectivity index (χ0n) is 10.5. The molecule has 0 aliphatic heterocycles. The molecule has 2 atom stereocenters. The maximum Gasteiger partial charge on any atom is 0.0587 e. The number of methoxy groups -OCH3 is 1. The third-order valence-electron chi connectivity index (χ3n) is 4.15. The van der Waals surface area contributed by atoms with E-state index in [0.717, 1.165) is 44.0 Å². The lowest BCUT2D eigenvalue weighted by molar-refractivity contribution is 0.199. The highest BCUT2D eigenvalue weighted by atomic mass is 16.5. The number of rotatable bonds is 9. The Bertz CT molecular complexity index is 188. The maximum absolute atomic E-state index is 4.97. The number of nitrogens with one attached hydrogen (secondary N) is 2. The molecular formula is C13H26N2O.